The Morgan fingerprint density at radius 3 is 3.04 bits per heavy atom. The van der Waals surface area contributed by atoms with E-state index in [-0.39, 0.29) is 11.7 Å². The molecule has 1 saturated heterocycles. The second-order valence-electron chi connectivity index (χ2n) is 6.24. The van der Waals surface area contributed by atoms with E-state index < -0.39 is 4.92 Å². The molecule has 0 amide bonds. The van der Waals surface area contributed by atoms with E-state index in [1.54, 1.807) is 25.4 Å². The Morgan fingerprint density at radius 2 is 2.30 bits per heavy atom. The van der Waals surface area contributed by atoms with Gasteiger partial charge in [0, 0.05) is 51.1 Å². The number of guanidine groups is 1. The van der Waals surface area contributed by atoms with Crippen molar-refractivity contribution in [3.8, 4) is 0 Å². The molecule has 2 heterocycles. The Hall–Kier alpha value is -2.87. The van der Waals surface area contributed by atoms with E-state index in [1.807, 2.05) is 18.2 Å². The molecule has 0 spiro atoms. The van der Waals surface area contributed by atoms with E-state index in [0.29, 0.717) is 17.5 Å². The number of aromatic nitrogens is 1. The minimum absolute atomic E-state index is 0.0796. The Bertz CT molecular complexity index is 844. The summed E-state index contributed by atoms with van der Waals surface area (Å²) in [6.45, 7) is 2.08. The molecule has 1 aromatic heterocycles. The molecule has 0 saturated carbocycles. The molecule has 9 heteroatoms. The maximum atomic E-state index is 10.9. The van der Waals surface area contributed by atoms with Crippen molar-refractivity contribution < 1.29 is 4.92 Å². The lowest BCUT2D eigenvalue weighted by molar-refractivity contribution is -0.384. The lowest BCUT2D eigenvalue weighted by Gasteiger charge is -2.20. The van der Waals surface area contributed by atoms with Crippen molar-refractivity contribution in [3.63, 3.8) is 0 Å². The quantitative estimate of drug-likeness (QED) is 0.354. The van der Waals surface area contributed by atoms with Crippen LogP contribution in [0.25, 0.3) is 0 Å². The molecule has 1 aliphatic heterocycles. The predicted molar refractivity (Wildman–Crippen MR) is 106 cm³/mol. The van der Waals surface area contributed by atoms with Crippen LogP contribution in [0.2, 0.25) is 5.02 Å². The van der Waals surface area contributed by atoms with Crippen molar-refractivity contribution in [1.82, 2.24) is 15.6 Å². The van der Waals surface area contributed by atoms with Crippen LogP contribution < -0.4 is 15.5 Å². The molecule has 1 fully saturated rings. The average Bonchev–Trinajstić information content (AvgIpc) is 3.14. The number of nitrogens with zero attached hydrogens (tertiary/aromatic N) is 4. The number of nitro benzene ring substituents is 1. The van der Waals surface area contributed by atoms with Crippen LogP contribution in [0.1, 0.15) is 12.0 Å². The number of halogens is 1. The second kappa shape index (κ2) is 8.68. The maximum absolute atomic E-state index is 10.9. The third-order valence-corrected chi connectivity index (χ3v) is 4.67. The fraction of sp³-hybridized carbons (Fsp3) is 0.333. The minimum atomic E-state index is -0.396. The van der Waals surface area contributed by atoms with Gasteiger partial charge in [-0.15, -0.1) is 0 Å². The monoisotopic (exact) mass is 388 g/mol. The lowest BCUT2D eigenvalue weighted by atomic mass is 10.2. The van der Waals surface area contributed by atoms with Crippen LogP contribution in [-0.4, -0.2) is 42.0 Å². The molecule has 1 unspecified atom stereocenters. The van der Waals surface area contributed by atoms with Crippen LogP contribution in [-0.2, 0) is 6.54 Å². The van der Waals surface area contributed by atoms with Gasteiger partial charge in [-0.05, 0) is 24.1 Å². The van der Waals surface area contributed by atoms with Crippen molar-refractivity contribution in [2.24, 2.45) is 4.99 Å². The normalized spacial score (nSPS) is 17.0. The van der Waals surface area contributed by atoms with Crippen molar-refractivity contribution in [1.29, 1.82) is 0 Å². The zero-order valence-corrected chi connectivity index (χ0v) is 15.7. The highest BCUT2D eigenvalue weighted by Gasteiger charge is 2.25. The number of nitrogens with one attached hydrogen (secondary N) is 2. The average molecular weight is 389 g/mol. The van der Waals surface area contributed by atoms with Crippen LogP contribution in [0.4, 0.5) is 11.5 Å². The van der Waals surface area contributed by atoms with Gasteiger partial charge >= 0.3 is 0 Å². The molecule has 27 heavy (non-hydrogen) atoms. The fourth-order valence-electron chi connectivity index (χ4n) is 3.03. The minimum Gasteiger partial charge on any atom is -0.353 e. The number of hydrogen-bond donors (Lipinski definition) is 2. The Balaban J connectivity index is 1.55. The van der Waals surface area contributed by atoms with E-state index >= 15 is 0 Å². The summed E-state index contributed by atoms with van der Waals surface area (Å²) in [6, 6.07) is 10.4. The number of benzene rings is 1. The van der Waals surface area contributed by atoms with E-state index in [1.165, 1.54) is 6.07 Å². The first kappa shape index (κ1) is 18.9. The largest absolute Gasteiger partial charge is 0.353 e. The number of pyridine rings is 1. The van der Waals surface area contributed by atoms with Gasteiger partial charge in [-0.3, -0.25) is 15.1 Å². The Kier molecular flexibility index (Phi) is 6.08. The predicted octanol–water partition coefficient (Wildman–Crippen LogP) is 2.59. The summed E-state index contributed by atoms with van der Waals surface area (Å²) in [5, 5.41) is 18.1. The number of hydrogen-bond acceptors (Lipinski definition) is 5. The molecule has 3 rings (SSSR count). The number of nitro groups is 1. The summed E-state index contributed by atoms with van der Waals surface area (Å²) >= 11 is 6.23. The maximum Gasteiger partial charge on any atom is 0.269 e. The second-order valence-corrected chi connectivity index (χ2v) is 6.64. The third-order valence-electron chi connectivity index (χ3n) is 4.37. The van der Waals surface area contributed by atoms with Crippen molar-refractivity contribution in [3.05, 3.63) is 63.3 Å². The summed E-state index contributed by atoms with van der Waals surface area (Å²) in [5.74, 6) is 1.45. The standard InChI is InChI=1S/C18H21ClN6O2/c1-20-18(22-11-13-4-2-5-15(10-13)25(26)27)23-14-7-9-24(12-14)17-16(19)6-3-8-21-17/h2-6,8,10,14H,7,9,11-12H2,1H3,(H2,20,22,23). The van der Waals surface area contributed by atoms with E-state index in [0.717, 1.165) is 30.9 Å². The number of non-ortho nitro benzene ring substituents is 1. The summed E-state index contributed by atoms with van der Waals surface area (Å²) in [6.07, 6.45) is 2.67. The fourth-order valence-corrected chi connectivity index (χ4v) is 3.28. The van der Waals surface area contributed by atoms with Crippen LogP contribution in [0, 0.1) is 10.1 Å². The van der Waals surface area contributed by atoms with Gasteiger partial charge in [-0.2, -0.15) is 0 Å². The zero-order valence-electron chi connectivity index (χ0n) is 14.9. The summed E-state index contributed by atoms with van der Waals surface area (Å²) in [5.41, 5.74) is 0.899. The summed E-state index contributed by atoms with van der Waals surface area (Å²) in [4.78, 5) is 21.2. The molecule has 1 aliphatic rings. The number of aliphatic imine (C=N–C) groups is 1. The van der Waals surface area contributed by atoms with Crippen molar-refractivity contribution >= 4 is 29.1 Å². The molecule has 2 N–H and O–H groups in total. The van der Waals surface area contributed by atoms with Crippen molar-refractivity contribution in [2.75, 3.05) is 25.0 Å². The molecule has 0 aliphatic carbocycles. The van der Waals surface area contributed by atoms with Gasteiger partial charge < -0.3 is 15.5 Å². The third kappa shape index (κ3) is 4.85. The highest BCUT2D eigenvalue weighted by Crippen LogP contribution is 2.25. The molecule has 1 aromatic carbocycles. The Labute approximate surface area is 162 Å². The van der Waals surface area contributed by atoms with Crippen LogP contribution in [0.15, 0.2) is 47.6 Å². The van der Waals surface area contributed by atoms with Gasteiger partial charge in [0.1, 0.15) is 5.82 Å². The summed E-state index contributed by atoms with van der Waals surface area (Å²) in [7, 11) is 1.70. The first-order valence-electron chi connectivity index (χ1n) is 8.63. The molecular formula is C18H21ClN6O2. The molecule has 0 radical (unpaired) electrons. The lowest BCUT2D eigenvalue weighted by Crippen LogP contribution is -2.44. The molecule has 142 valence electrons. The Morgan fingerprint density at radius 1 is 1.44 bits per heavy atom. The van der Waals surface area contributed by atoms with Crippen LogP contribution in [0.3, 0.4) is 0 Å². The van der Waals surface area contributed by atoms with Crippen LogP contribution in [0.5, 0.6) is 0 Å². The first-order valence-corrected chi connectivity index (χ1v) is 9.00. The van der Waals surface area contributed by atoms with Gasteiger partial charge in [0.05, 0.1) is 9.95 Å². The topological polar surface area (TPSA) is 95.7 Å². The van der Waals surface area contributed by atoms with Gasteiger partial charge in [0.25, 0.3) is 5.69 Å². The van der Waals surface area contributed by atoms with Crippen LogP contribution >= 0.6 is 11.6 Å². The molecule has 0 bridgehead atoms. The van der Waals surface area contributed by atoms with Gasteiger partial charge in [-0.1, -0.05) is 23.7 Å². The highest BCUT2D eigenvalue weighted by molar-refractivity contribution is 6.32. The zero-order chi connectivity index (χ0) is 19.2. The number of rotatable bonds is 5. The van der Waals surface area contributed by atoms with E-state index in [4.69, 9.17) is 11.6 Å². The molecular weight excluding hydrogens is 368 g/mol. The van der Waals surface area contributed by atoms with Gasteiger partial charge in [-0.25, -0.2) is 4.98 Å². The number of anilines is 1. The van der Waals surface area contributed by atoms with E-state index in [9.17, 15) is 10.1 Å². The smallest absolute Gasteiger partial charge is 0.269 e. The van der Waals surface area contributed by atoms with Gasteiger partial charge in [0.2, 0.25) is 0 Å². The molecule has 8 nitrogen and oxygen atoms in total. The summed E-state index contributed by atoms with van der Waals surface area (Å²) < 4.78 is 0. The van der Waals surface area contributed by atoms with E-state index in [2.05, 4.69) is 25.5 Å². The van der Waals surface area contributed by atoms with Crippen molar-refractivity contribution in [2.45, 2.75) is 19.0 Å². The van der Waals surface area contributed by atoms with Gasteiger partial charge in [0.15, 0.2) is 5.96 Å². The molecule has 2 aromatic rings. The molecule has 1 atom stereocenters. The SMILES string of the molecule is CN=C(NCc1cccc([N+](=O)[O-])c1)NC1CCN(c2ncccc2Cl)C1. The highest BCUT2D eigenvalue weighted by atomic mass is 35.5. The first-order chi connectivity index (χ1) is 13.1.